The lowest BCUT2D eigenvalue weighted by molar-refractivity contribution is -0.133. The highest BCUT2D eigenvalue weighted by Crippen LogP contribution is 2.34. The molecule has 2 aliphatic rings. The summed E-state index contributed by atoms with van der Waals surface area (Å²) in [6.07, 6.45) is 2.63. The maximum atomic E-state index is 13.8. The summed E-state index contributed by atoms with van der Waals surface area (Å²) in [5, 5.41) is 12.6. The predicted octanol–water partition coefficient (Wildman–Crippen LogP) is 3.94. The van der Waals surface area contributed by atoms with Crippen molar-refractivity contribution in [3.05, 3.63) is 59.7 Å². The molecule has 3 atom stereocenters. The van der Waals surface area contributed by atoms with Crippen LogP contribution in [-0.4, -0.2) is 85.3 Å². The highest BCUT2D eigenvalue weighted by Gasteiger charge is 2.39. The summed E-state index contributed by atoms with van der Waals surface area (Å²) in [6.45, 7) is 9.45. The Morgan fingerprint density at radius 2 is 1.70 bits per heavy atom. The van der Waals surface area contributed by atoms with E-state index in [0.29, 0.717) is 49.2 Å². The number of benzene rings is 2. The van der Waals surface area contributed by atoms with E-state index in [1.807, 2.05) is 56.0 Å². The lowest BCUT2D eigenvalue weighted by Crippen LogP contribution is -2.45. The zero-order valence-electron chi connectivity index (χ0n) is 24.3. The second-order valence-corrected chi connectivity index (χ2v) is 11.4. The van der Waals surface area contributed by atoms with Crippen molar-refractivity contribution in [3.63, 3.8) is 0 Å². The van der Waals surface area contributed by atoms with Crippen LogP contribution in [0.1, 0.15) is 61.9 Å². The van der Waals surface area contributed by atoms with Crippen LogP contribution in [0.3, 0.4) is 0 Å². The van der Waals surface area contributed by atoms with E-state index in [-0.39, 0.29) is 42.2 Å². The van der Waals surface area contributed by atoms with Gasteiger partial charge in [0.15, 0.2) is 11.5 Å². The second kappa shape index (κ2) is 14.0. The maximum absolute atomic E-state index is 13.8. The number of aliphatic hydroxyl groups excluding tert-OH is 1. The molecule has 2 aromatic rings. The van der Waals surface area contributed by atoms with Crippen LogP contribution < -0.4 is 14.8 Å². The molecule has 1 saturated carbocycles. The topological polar surface area (TPSA) is 91.3 Å². The maximum Gasteiger partial charge on any atom is 0.254 e. The van der Waals surface area contributed by atoms with E-state index in [4.69, 9.17) is 14.6 Å². The molecule has 2 aromatic carbocycles. The third-order valence-electron chi connectivity index (χ3n) is 8.14. The predicted molar refractivity (Wildman–Crippen MR) is 156 cm³/mol. The first-order valence-electron chi connectivity index (χ1n) is 14.6. The van der Waals surface area contributed by atoms with Gasteiger partial charge >= 0.3 is 0 Å². The number of aliphatic hydroxyl groups is 1. The number of nitrogens with one attached hydrogen (secondary N) is 1. The van der Waals surface area contributed by atoms with E-state index in [9.17, 15) is 9.59 Å². The van der Waals surface area contributed by atoms with Gasteiger partial charge in [0.05, 0.1) is 19.6 Å². The molecule has 0 aromatic heterocycles. The van der Waals surface area contributed by atoms with Crippen molar-refractivity contribution in [2.45, 2.75) is 58.0 Å². The molecule has 0 radical (unpaired) electrons. The van der Waals surface area contributed by atoms with Gasteiger partial charge in [0.25, 0.3) is 5.91 Å². The van der Waals surface area contributed by atoms with Gasteiger partial charge in [-0.3, -0.25) is 9.59 Å². The Balaban J connectivity index is 1.46. The van der Waals surface area contributed by atoms with Crippen LogP contribution >= 0.6 is 0 Å². The molecule has 8 nitrogen and oxygen atoms in total. The monoisotopic (exact) mass is 551 g/mol. The molecule has 1 aliphatic heterocycles. The van der Waals surface area contributed by atoms with Gasteiger partial charge in [-0.15, -0.1) is 0 Å². The third-order valence-corrected chi connectivity index (χ3v) is 8.14. The number of carbonyl (C=O) groups is 2. The minimum Gasteiger partial charge on any atom is -0.493 e. The number of hydrogen-bond acceptors (Lipinski definition) is 6. The number of methoxy groups -OCH3 is 1. The van der Waals surface area contributed by atoms with Crippen molar-refractivity contribution in [2.75, 3.05) is 46.5 Å². The molecular weight excluding hydrogens is 506 g/mol. The number of nitrogens with zero attached hydrogens (tertiary/aromatic N) is 2. The van der Waals surface area contributed by atoms with Gasteiger partial charge in [-0.1, -0.05) is 30.3 Å². The summed E-state index contributed by atoms with van der Waals surface area (Å²) in [6, 6.07) is 15.6. The van der Waals surface area contributed by atoms with Crippen LogP contribution in [0.4, 0.5) is 0 Å². The molecule has 4 rings (SSSR count). The largest absolute Gasteiger partial charge is 0.493 e. The first kappa shape index (κ1) is 29.9. The molecule has 0 unspecified atom stereocenters. The van der Waals surface area contributed by atoms with Crippen molar-refractivity contribution in [1.82, 2.24) is 15.1 Å². The van der Waals surface area contributed by atoms with Gasteiger partial charge < -0.3 is 29.7 Å². The van der Waals surface area contributed by atoms with Crippen molar-refractivity contribution in [3.8, 4) is 11.5 Å². The Morgan fingerprint density at radius 1 is 1.00 bits per heavy atom. The van der Waals surface area contributed by atoms with E-state index in [0.717, 1.165) is 31.5 Å². The van der Waals surface area contributed by atoms with E-state index >= 15 is 0 Å². The molecule has 8 heteroatoms. The SMILES string of the molecule is COc1ccc(C(=O)N(C[C@@H]2CNC[C@H]2CN(C(=O)[C@H](C)c2ccccc2)C2CC2)C(C)C)cc1OCCCO. The summed E-state index contributed by atoms with van der Waals surface area (Å²) in [4.78, 5) is 31.4. The Morgan fingerprint density at radius 3 is 2.33 bits per heavy atom. The van der Waals surface area contributed by atoms with Crippen molar-refractivity contribution in [1.29, 1.82) is 0 Å². The van der Waals surface area contributed by atoms with Crippen LogP contribution in [0.15, 0.2) is 48.5 Å². The van der Waals surface area contributed by atoms with E-state index < -0.39 is 0 Å². The highest BCUT2D eigenvalue weighted by atomic mass is 16.5. The second-order valence-electron chi connectivity index (χ2n) is 11.4. The quantitative estimate of drug-likeness (QED) is 0.346. The summed E-state index contributed by atoms with van der Waals surface area (Å²) < 4.78 is 11.2. The van der Waals surface area contributed by atoms with Crippen molar-refractivity contribution in [2.24, 2.45) is 11.8 Å². The third kappa shape index (κ3) is 7.34. The Kier molecular flexibility index (Phi) is 10.5. The fraction of sp³-hybridized carbons (Fsp3) is 0.562. The molecule has 0 spiro atoms. The Bertz CT molecular complexity index is 1120. The van der Waals surface area contributed by atoms with Gasteiger partial charge in [-0.2, -0.15) is 0 Å². The zero-order chi connectivity index (χ0) is 28.6. The zero-order valence-corrected chi connectivity index (χ0v) is 24.3. The van der Waals surface area contributed by atoms with Crippen molar-refractivity contribution < 1.29 is 24.2 Å². The van der Waals surface area contributed by atoms with E-state index in [1.54, 1.807) is 25.3 Å². The van der Waals surface area contributed by atoms with Crippen LogP contribution in [-0.2, 0) is 4.79 Å². The fourth-order valence-electron chi connectivity index (χ4n) is 5.52. The normalized spacial score (nSPS) is 19.4. The average Bonchev–Trinajstić information content (AvgIpc) is 3.72. The molecule has 2 fully saturated rings. The first-order chi connectivity index (χ1) is 19.3. The molecule has 1 heterocycles. The summed E-state index contributed by atoms with van der Waals surface area (Å²) in [5.41, 5.74) is 1.59. The first-order valence-corrected chi connectivity index (χ1v) is 14.6. The lowest BCUT2D eigenvalue weighted by Gasteiger charge is -2.34. The van der Waals surface area contributed by atoms with E-state index in [1.165, 1.54) is 0 Å². The standard InChI is InChI=1S/C32H45N3O5/c1-22(2)34(32(38)25-11-14-29(39-4)30(17-25)40-16-8-15-36)20-26-18-33-19-27(26)21-35(28-12-13-28)31(37)23(3)24-9-6-5-7-10-24/h5-7,9-11,14,17,22-23,26-28,33,36H,8,12-13,15-16,18-21H2,1-4H3/t23-,26+,27+/m1/s1. The highest BCUT2D eigenvalue weighted by molar-refractivity contribution is 5.95. The average molecular weight is 552 g/mol. The van der Waals surface area contributed by atoms with Gasteiger partial charge in [0.2, 0.25) is 5.91 Å². The Hall–Kier alpha value is -3.10. The van der Waals surface area contributed by atoms with Gasteiger partial charge in [0, 0.05) is 56.9 Å². The molecule has 218 valence electrons. The molecule has 1 aliphatic carbocycles. The van der Waals surface area contributed by atoms with Crippen LogP contribution in [0.5, 0.6) is 11.5 Å². The van der Waals surface area contributed by atoms with E-state index in [2.05, 4.69) is 10.2 Å². The lowest BCUT2D eigenvalue weighted by atomic mass is 9.92. The van der Waals surface area contributed by atoms with Crippen molar-refractivity contribution >= 4 is 11.8 Å². The fourth-order valence-corrected chi connectivity index (χ4v) is 5.52. The summed E-state index contributed by atoms with van der Waals surface area (Å²) >= 11 is 0. The number of hydrogen-bond donors (Lipinski definition) is 2. The Labute approximate surface area is 238 Å². The minimum atomic E-state index is -0.174. The molecular formula is C32H45N3O5. The van der Waals surface area contributed by atoms with Gasteiger partial charge in [-0.25, -0.2) is 0 Å². The molecule has 0 bridgehead atoms. The minimum absolute atomic E-state index is 0.00822. The summed E-state index contributed by atoms with van der Waals surface area (Å²) in [5.74, 6) is 1.54. The summed E-state index contributed by atoms with van der Waals surface area (Å²) in [7, 11) is 1.57. The van der Waals surface area contributed by atoms with Crippen LogP contribution in [0.25, 0.3) is 0 Å². The van der Waals surface area contributed by atoms with Crippen LogP contribution in [0, 0.1) is 11.8 Å². The molecule has 40 heavy (non-hydrogen) atoms. The van der Waals surface area contributed by atoms with Crippen LogP contribution in [0.2, 0.25) is 0 Å². The molecule has 2 amide bonds. The number of amides is 2. The smallest absolute Gasteiger partial charge is 0.254 e. The van der Waals surface area contributed by atoms with Gasteiger partial charge in [-0.05, 0) is 69.2 Å². The number of carbonyl (C=O) groups excluding carboxylic acids is 2. The molecule has 1 saturated heterocycles. The number of rotatable bonds is 14. The molecule has 2 N–H and O–H groups in total. The van der Waals surface area contributed by atoms with Gasteiger partial charge in [0.1, 0.15) is 0 Å². The number of ether oxygens (including phenoxy) is 2.